The molecule has 0 aromatic heterocycles. The smallest absolute Gasteiger partial charge is 0.251 e. The molecule has 0 bridgehead atoms. The molecule has 1 aliphatic rings. The summed E-state index contributed by atoms with van der Waals surface area (Å²) in [6.07, 6.45) is 9.62. The van der Waals surface area contributed by atoms with Gasteiger partial charge in [-0.2, -0.15) is 0 Å². The molecule has 6 nitrogen and oxygen atoms in total. The molecule has 2 N–H and O–H groups in total. The number of amides is 2. The summed E-state index contributed by atoms with van der Waals surface area (Å²) < 4.78 is 5.74. The number of nitrogens with zero attached hydrogens (tertiary/aromatic N) is 1. The van der Waals surface area contributed by atoms with E-state index in [0.717, 1.165) is 31.6 Å². The first-order chi connectivity index (χ1) is 15.1. The number of benzene rings is 1. The zero-order chi connectivity index (χ0) is 22.3. The van der Waals surface area contributed by atoms with Crippen LogP contribution in [0.2, 0.25) is 0 Å². The topological polar surface area (TPSA) is 70.7 Å². The fourth-order valence-electron chi connectivity index (χ4n) is 3.86. The molecule has 1 atom stereocenters. The molecule has 1 heterocycles. The van der Waals surface area contributed by atoms with Crippen LogP contribution < -0.4 is 15.4 Å². The van der Waals surface area contributed by atoms with E-state index < -0.39 is 6.04 Å². The molecule has 0 aliphatic carbocycles. The molecule has 1 aliphatic heterocycles. The van der Waals surface area contributed by atoms with Crippen LogP contribution in [0, 0.1) is 0 Å². The van der Waals surface area contributed by atoms with E-state index in [9.17, 15) is 9.59 Å². The predicted molar refractivity (Wildman–Crippen MR) is 126 cm³/mol. The number of carbonyl (C=O) groups is 2. The van der Waals surface area contributed by atoms with Crippen LogP contribution in [0.1, 0.15) is 82.0 Å². The Bertz CT molecular complexity index is 642. The highest BCUT2D eigenvalue weighted by Gasteiger charge is 2.20. The van der Waals surface area contributed by atoms with Crippen molar-refractivity contribution in [2.75, 3.05) is 32.8 Å². The summed E-state index contributed by atoms with van der Waals surface area (Å²) >= 11 is 0. The monoisotopic (exact) mass is 431 g/mol. The van der Waals surface area contributed by atoms with Crippen LogP contribution in [-0.4, -0.2) is 55.5 Å². The maximum Gasteiger partial charge on any atom is 0.251 e. The van der Waals surface area contributed by atoms with Gasteiger partial charge >= 0.3 is 0 Å². The Morgan fingerprint density at radius 1 is 1.00 bits per heavy atom. The van der Waals surface area contributed by atoms with E-state index in [1.807, 2.05) is 19.1 Å². The molecule has 2 amide bonds. The van der Waals surface area contributed by atoms with E-state index in [-0.39, 0.29) is 11.8 Å². The Balaban J connectivity index is 1.74. The molecule has 1 saturated heterocycles. The van der Waals surface area contributed by atoms with Crippen molar-refractivity contribution in [2.24, 2.45) is 0 Å². The number of hydrogen-bond acceptors (Lipinski definition) is 4. The summed E-state index contributed by atoms with van der Waals surface area (Å²) in [5, 5.41) is 5.89. The van der Waals surface area contributed by atoms with Crippen LogP contribution in [0.25, 0.3) is 0 Å². The number of hydrogen-bond donors (Lipinski definition) is 2. The lowest BCUT2D eigenvalue weighted by atomic mass is 10.1. The quantitative estimate of drug-likeness (QED) is 0.409. The van der Waals surface area contributed by atoms with Crippen LogP contribution in [0.5, 0.6) is 5.75 Å². The molecule has 2 rings (SSSR count). The zero-order valence-corrected chi connectivity index (χ0v) is 19.5. The zero-order valence-electron chi connectivity index (χ0n) is 19.5. The maximum atomic E-state index is 12.6. The van der Waals surface area contributed by atoms with E-state index in [0.29, 0.717) is 25.1 Å². The third kappa shape index (κ3) is 9.72. The largest absolute Gasteiger partial charge is 0.494 e. The lowest BCUT2D eigenvalue weighted by molar-refractivity contribution is -0.123. The predicted octanol–water partition coefficient (Wildman–Crippen LogP) is 4.15. The SMILES string of the molecule is CCCCCCOc1ccc(C(=O)N[C@@H](CCC)C(=O)NCCCN2CCCC2)cc1. The second-order valence-electron chi connectivity index (χ2n) is 8.44. The number of nitrogens with one attached hydrogen (secondary N) is 2. The Morgan fingerprint density at radius 3 is 2.42 bits per heavy atom. The van der Waals surface area contributed by atoms with Crippen molar-refractivity contribution >= 4 is 11.8 Å². The van der Waals surface area contributed by atoms with Crippen LogP contribution >= 0.6 is 0 Å². The Labute approximate surface area is 188 Å². The van der Waals surface area contributed by atoms with Gasteiger partial charge in [0.25, 0.3) is 5.91 Å². The van der Waals surface area contributed by atoms with E-state index in [1.54, 1.807) is 12.1 Å². The number of rotatable bonds is 15. The fraction of sp³-hybridized carbons (Fsp3) is 0.680. The van der Waals surface area contributed by atoms with Crippen molar-refractivity contribution in [1.29, 1.82) is 0 Å². The molecule has 1 aromatic rings. The molecular formula is C25H41N3O3. The van der Waals surface area contributed by atoms with E-state index >= 15 is 0 Å². The molecular weight excluding hydrogens is 390 g/mol. The summed E-state index contributed by atoms with van der Waals surface area (Å²) in [5.74, 6) is 0.456. The summed E-state index contributed by atoms with van der Waals surface area (Å²) in [5.41, 5.74) is 0.543. The highest BCUT2D eigenvalue weighted by molar-refractivity contribution is 5.97. The first-order valence-corrected chi connectivity index (χ1v) is 12.2. The van der Waals surface area contributed by atoms with Crippen LogP contribution in [0.4, 0.5) is 0 Å². The van der Waals surface area contributed by atoms with Crippen LogP contribution in [-0.2, 0) is 4.79 Å². The summed E-state index contributed by atoms with van der Waals surface area (Å²) in [4.78, 5) is 27.7. The number of likely N-dealkylation sites (tertiary alicyclic amines) is 1. The van der Waals surface area contributed by atoms with Gasteiger partial charge in [-0.05, 0) is 76.0 Å². The van der Waals surface area contributed by atoms with Gasteiger partial charge in [-0.15, -0.1) is 0 Å². The second-order valence-corrected chi connectivity index (χ2v) is 8.44. The van der Waals surface area contributed by atoms with Crippen molar-refractivity contribution in [3.05, 3.63) is 29.8 Å². The molecule has 0 unspecified atom stereocenters. The summed E-state index contributed by atoms with van der Waals surface area (Å²) in [7, 11) is 0. The van der Waals surface area contributed by atoms with Gasteiger partial charge in [0.15, 0.2) is 0 Å². The first kappa shape index (κ1) is 25.2. The Morgan fingerprint density at radius 2 is 1.74 bits per heavy atom. The molecule has 0 saturated carbocycles. The lowest BCUT2D eigenvalue weighted by Crippen LogP contribution is -2.47. The minimum absolute atomic E-state index is 0.0938. The molecule has 6 heteroatoms. The van der Waals surface area contributed by atoms with Crippen molar-refractivity contribution in [3.63, 3.8) is 0 Å². The molecule has 174 valence electrons. The van der Waals surface area contributed by atoms with Gasteiger partial charge in [0, 0.05) is 12.1 Å². The highest BCUT2D eigenvalue weighted by Crippen LogP contribution is 2.14. The standard InChI is InChI=1S/C25H41N3O3/c1-3-5-6-9-20-31-22-14-12-21(13-15-22)24(29)27-23(11-4-2)25(30)26-16-10-19-28-17-7-8-18-28/h12-15,23H,3-11,16-20H2,1-2H3,(H,26,30)(H,27,29)/t23-/m0/s1. The molecule has 1 aromatic carbocycles. The van der Waals surface area contributed by atoms with Crippen LogP contribution in [0.3, 0.4) is 0 Å². The van der Waals surface area contributed by atoms with Gasteiger partial charge in [0.1, 0.15) is 11.8 Å². The Kier molecular flexibility index (Phi) is 12.1. The minimum atomic E-state index is -0.501. The van der Waals surface area contributed by atoms with E-state index in [2.05, 4.69) is 22.5 Å². The van der Waals surface area contributed by atoms with Crippen molar-refractivity contribution in [1.82, 2.24) is 15.5 Å². The van der Waals surface area contributed by atoms with E-state index in [1.165, 1.54) is 45.2 Å². The van der Waals surface area contributed by atoms with Gasteiger partial charge in [-0.25, -0.2) is 0 Å². The summed E-state index contributed by atoms with van der Waals surface area (Å²) in [6.45, 7) is 8.92. The molecule has 1 fully saturated rings. The van der Waals surface area contributed by atoms with Crippen molar-refractivity contribution in [2.45, 2.75) is 77.7 Å². The maximum absolute atomic E-state index is 12.6. The molecule has 31 heavy (non-hydrogen) atoms. The average molecular weight is 432 g/mol. The fourth-order valence-corrected chi connectivity index (χ4v) is 3.86. The highest BCUT2D eigenvalue weighted by atomic mass is 16.5. The Hall–Kier alpha value is -2.08. The number of carbonyl (C=O) groups excluding carboxylic acids is 2. The minimum Gasteiger partial charge on any atom is -0.494 e. The van der Waals surface area contributed by atoms with Gasteiger partial charge in [-0.3, -0.25) is 9.59 Å². The van der Waals surface area contributed by atoms with E-state index in [4.69, 9.17) is 4.74 Å². The van der Waals surface area contributed by atoms with Crippen molar-refractivity contribution in [3.8, 4) is 5.75 Å². The summed E-state index contributed by atoms with van der Waals surface area (Å²) in [6, 6.07) is 6.66. The van der Waals surface area contributed by atoms with Gasteiger partial charge in [0.05, 0.1) is 6.61 Å². The first-order valence-electron chi connectivity index (χ1n) is 12.2. The van der Waals surface area contributed by atoms with Crippen molar-refractivity contribution < 1.29 is 14.3 Å². The van der Waals surface area contributed by atoms with Crippen LogP contribution in [0.15, 0.2) is 24.3 Å². The molecule has 0 radical (unpaired) electrons. The third-order valence-corrected chi connectivity index (χ3v) is 5.73. The normalized spacial score (nSPS) is 14.9. The number of ether oxygens (including phenoxy) is 1. The average Bonchev–Trinajstić information content (AvgIpc) is 3.30. The van der Waals surface area contributed by atoms with Gasteiger partial charge < -0.3 is 20.3 Å². The lowest BCUT2D eigenvalue weighted by Gasteiger charge is -2.19. The third-order valence-electron chi connectivity index (χ3n) is 5.73. The number of unbranched alkanes of at least 4 members (excludes halogenated alkanes) is 3. The molecule has 0 spiro atoms. The van der Waals surface area contributed by atoms with Gasteiger partial charge in [0.2, 0.25) is 5.91 Å². The van der Waals surface area contributed by atoms with Gasteiger partial charge in [-0.1, -0.05) is 39.5 Å². The second kappa shape index (κ2) is 14.8.